The van der Waals surface area contributed by atoms with E-state index in [1.54, 1.807) is 30.5 Å². The van der Waals surface area contributed by atoms with Crippen LogP contribution in [0.15, 0.2) is 84.0 Å². The van der Waals surface area contributed by atoms with Gasteiger partial charge >= 0.3 is 0 Å². The largest absolute Gasteiger partial charge is 0.496 e. The lowest BCUT2D eigenvalue weighted by atomic mass is 10.1. The van der Waals surface area contributed by atoms with Crippen molar-refractivity contribution in [3.8, 4) is 5.75 Å². The number of methoxy groups -OCH3 is 1. The summed E-state index contributed by atoms with van der Waals surface area (Å²) in [5.74, 6) is -0.373. The molecule has 2 N–H and O–H groups in total. The SMILES string of the molecule is COc1ccccc1C(=O)NCC(=O)NN=Cc1c(C)n(Cc2ccccc2)c2ccccc12. The highest BCUT2D eigenvalue weighted by atomic mass is 16.5. The van der Waals surface area contributed by atoms with Crippen LogP contribution in [0, 0.1) is 6.92 Å². The van der Waals surface area contributed by atoms with Crippen molar-refractivity contribution in [2.75, 3.05) is 13.7 Å². The predicted octanol–water partition coefficient (Wildman–Crippen LogP) is 3.89. The molecule has 3 aromatic carbocycles. The minimum Gasteiger partial charge on any atom is -0.496 e. The van der Waals surface area contributed by atoms with E-state index < -0.39 is 11.8 Å². The second-order valence-electron chi connectivity index (χ2n) is 7.76. The number of nitrogens with zero attached hydrogens (tertiary/aromatic N) is 2. The summed E-state index contributed by atoms with van der Waals surface area (Å²) in [7, 11) is 1.49. The molecular formula is C27H26N4O3. The lowest BCUT2D eigenvalue weighted by molar-refractivity contribution is -0.120. The molecule has 7 heteroatoms. The van der Waals surface area contributed by atoms with Crippen LogP contribution >= 0.6 is 0 Å². The maximum absolute atomic E-state index is 12.4. The average molecular weight is 455 g/mol. The van der Waals surface area contributed by atoms with Crippen LogP contribution in [0.1, 0.15) is 27.2 Å². The first kappa shape index (κ1) is 22.8. The highest BCUT2D eigenvalue weighted by Crippen LogP contribution is 2.25. The molecule has 2 amide bonds. The number of hydrogen-bond acceptors (Lipinski definition) is 4. The van der Waals surface area contributed by atoms with Crippen molar-refractivity contribution >= 4 is 28.9 Å². The summed E-state index contributed by atoms with van der Waals surface area (Å²) < 4.78 is 7.42. The zero-order valence-corrected chi connectivity index (χ0v) is 19.1. The molecule has 0 radical (unpaired) electrons. The Bertz CT molecular complexity index is 1340. The van der Waals surface area contributed by atoms with E-state index in [2.05, 4.69) is 38.6 Å². The van der Waals surface area contributed by atoms with Gasteiger partial charge in [0, 0.05) is 28.7 Å². The molecule has 0 spiro atoms. The molecule has 0 atom stereocenters. The van der Waals surface area contributed by atoms with Crippen molar-refractivity contribution in [2.24, 2.45) is 5.10 Å². The Kier molecular flexibility index (Phi) is 7.03. The number of carbonyl (C=O) groups is 2. The summed E-state index contributed by atoms with van der Waals surface area (Å²) in [5.41, 5.74) is 7.14. The molecule has 0 saturated heterocycles. The van der Waals surface area contributed by atoms with Gasteiger partial charge in [-0.3, -0.25) is 9.59 Å². The quantitative estimate of drug-likeness (QED) is 0.313. The van der Waals surface area contributed by atoms with Crippen LogP contribution in [-0.2, 0) is 11.3 Å². The molecule has 0 aliphatic heterocycles. The summed E-state index contributed by atoms with van der Waals surface area (Å²) in [6, 6.07) is 25.2. The molecule has 34 heavy (non-hydrogen) atoms. The van der Waals surface area contributed by atoms with Crippen molar-refractivity contribution in [2.45, 2.75) is 13.5 Å². The second-order valence-corrected chi connectivity index (χ2v) is 7.76. The number of hydrazone groups is 1. The lowest BCUT2D eigenvalue weighted by Crippen LogP contribution is -2.35. The first-order chi connectivity index (χ1) is 16.6. The van der Waals surface area contributed by atoms with Gasteiger partial charge in [0.2, 0.25) is 0 Å². The van der Waals surface area contributed by atoms with Gasteiger partial charge in [0.1, 0.15) is 5.75 Å². The van der Waals surface area contributed by atoms with E-state index in [4.69, 9.17) is 4.74 Å². The zero-order chi connectivity index (χ0) is 23.9. The fraction of sp³-hybridized carbons (Fsp3) is 0.148. The topological polar surface area (TPSA) is 84.7 Å². The van der Waals surface area contributed by atoms with E-state index in [1.165, 1.54) is 12.7 Å². The maximum atomic E-state index is 12.4. The Morgan fingerprint density at radius 1 is 0.971 bits per heavy atom. The van der Waals surface area contributed by atoms with Gasteiger partial charge in [-0.15, -0.1) is 0 Å². The van der Waals surface area contributed by atoms with Crippen LogP contribution in [0.4, 0.5) is 0 Å². The number of para-hydroxylation sites is 2. The molecular weight excluding hydrogens is 428 g/mol. The molecule has 1 aromatic heterocycles. The Morgan fingerprint density at radius 3 is 2.47 bits per heavy atom. The predicted molar refractivity (Wildman–Crippen MR) is 133 cm³/mol. The number of amides is 2. The summed E-state index contributed by atoms with van der Waals surface area (Å²) in [6.07, 6.45) is 1.65. The van der Waals surface area contributed by atoms with Crippen molar-refractivity contribution in [3.05, 3.63) is 101 Å². The van der Waals surface area contributed by atoms with Crippen molar-refractivity contribution in [1.29, 1.82) is 0 Å². The summed E-state index contributed by atoms with van der Waals surface area (Å²) >= 11 is 0. The van der Waals surface area contributed by atoms with Crippen LogP contribution < -0.4 is 15.5 Å². The lowest BCUT2D eigenvalue weighted by Gasteiger charge is -2.08. The van der Waals surface area contributed by atoms with Crippen LogP contribution in [0.25, 0.3) is 10.9 Å². The average Bonchev–Trinajstić information content (AvgIpc) is 3.14. The van der Waals surface area contributed by atoms with Crippen LogP contribution in [-0.4, -0.2) is 36.3 Å². The molecule has 0 fully saturated rings. The van der Waals surface area contributed by atoms with E-state index in [9.17, 15) is 9.59 Å². The maximum Gasteiger partial charge on any atom is 0.259 e. The van der Waals surface area contributed by atoms with E-state index in [0.29, 0.717) is 11.3 Å². The monoisotopic (exact) mass is 454 g/mol. The van der Waals surface area contributed by atoms with Crippen LogP contribution in [0.5, 0.6) is 5.75 Å². The molecule has 172 valence electrons. The third-order valence-corrected chi connectivity index (χ3v) is 5.61. The molecule has 0 aliphatic rings. The molecule has 4 rings (SSSR count). The Hall–Kier alpha value is -4.39. The third-order valence-electron chi connectivity index (χ3n) is 5.61. The van der Waals surface area contributed by atoms with Crippen molar-refractivity contribution < 1.29 is 14.3 Å². The molecule has 4 aromatic rings. The number of rotatable bonds is 8. The van der Waals surface area contributed by atoms with E-state index in [1.807, 2.05) is 43.3 Å². The first-order valence-electron chi connectivity index (χ1n) is 10.9. The molecule has 7 nitrogen and oxygen atoms in total. The van der Waals surface area contributed by atoms with Crippen LogP contribution in [0.2, 0.25) is 0 Å². The van der Waals surface area contributed by atoms with E-state index in [0.717, 1.165) is 28.7 Å². The van der Waals surface area contributed by atoms with E-state index in [-0.39, 0.29) is 6.54 Å². The summed E-state index contributed by atoms with van der Waals surface area (Å²) in [5, 5.41) is 7.78. The van der Waals surface area contributed by atoms with Gasteiger partial charge in [-0.25, -0.2) is 5.43 Å². The number of hydrogen-bond donors (Lipinski definition) is 2. The number of aromatic nitrogens is 1. The number of fused-ring (bicyclic) bond motifs is 1. The van der Waals surface area contributed by atoms with Crippen molar-refractivity contribution in [3.63, 3.8) is 0 Å². The summed E-state index contributed by atoms with van der Waals surface area (Å²) in [4.78, 5) is 24.6. The second kappa shape index (κ2) is 10.5. The van der Waals surface area contributed by atoms with Gasteiger partial charge < -0.3 is 14.6 Å². The smallest absolute Gasteiger partial charge is 0.259 e. The highest BCUT2D eigenvalue weighted by molar-refractivity contribution is 6.02. The van der Waals surface area contributed by atoms with Gasteiger partial charge in [0.05, 0.1) is 25.4 Å². The molecule has 0 bridgehead atoms. The molecule has 0 unspecified atom stereocenters. The zero-order valence-electron chi connectivity index (χ0n) is 19.1. The number of benzene rings is 3. The molecule has 0 saturated carbocycles. The van der Waals surface area contributed by atoms with Crippen molar-refractivity contribution in [1.82, 2.24) is 15.3 Å². The minimum atomic E-state index is -0.426. The first-order valence-corrected chi connectivity index (χ1v) is 10.9. The fourth-order valence-corrected chi connectivity index (χ4v) is 3.89. The van der Waals surface area contributed by atoms with Gasteiger partial charge in [-0.05, 0) is 30.7 Å². The summed E-state index contributed by atoms with van der Waals surface area (Å²) in [6.45, 7) is 2.57. The van der Waals surface area contributed by atoms with Gasteiger partial charge in [-0.1, -0.05) is 60.7 Å². The standard InChI is InChI=1S/C27H26N4O3/c1-19-23(21-12-6-8-14-24(21)31(19)18-20-10-4-3-5-11-20)16-29-30-26(32)17-28-27(33)22-13-7-9-15-25(22)34-2/h3-16H,17-18H2,1-2H3,(H,28,33)(H,30,32). The van der Waals surface area contributed by atoms with E-state index >= 15 is 0 Å². The number of nitrogens with one attached hydrogen (secondary N) is 2. The number of ether oxygens (including phenoxy) is 1. The molecule has 1 heterocycles. The molecule has 0 aliphatic carbocycles. The van der Waals surface area contributed by atoms with Crippen LogP contribution in [0.3, 0.4) is 0 Å². The third kappa shape index (κ3) is 4.99. The number of carbonyl (C=O) groups excluding carboxylic acids is 2. The minimum absolute atomic E-state index is 0.205. The van der Waals surface area contributed by atoms with Gasteiger partial charge in [0.25, 0.3) is 11.8 Å². The Balaban J connectivity index is 1.44. The van der Waals surface area contributed by atoms with Gasteiger partial charge in [0.15, 0.2) is 0 Å². The van der Waals surface area contributed by atoms with Gasteiger partial charge in [-0.2, -0.15) is 5.10 Å². The Morgan fingerprint density at radius 2 is 1.68 bits per heavy atom. The highest BCUT2D eigenvalue weighted by Gasteiger charge is 2.14. The fourth-order valence-electron chi connectivity index (χ4n) is 3.89. The Labute approximate surface area is 198 Å². The normalized spacial score (nSPS) is 11.0.